The summed E-state index contributed by atoms with van der Waals surface area (Å²) in [7, 11) is 3.06. The van der Waals surface area contributed by atoms with Gasteiger partial charge in [-0.1, -0.05) is 24.3 Å². The minimum absolute atomic E-state index is 0.0193. The highest BCUT2D eigenvalue weighted by molar-refractivity contribution is 5.70. The van der Waals surface area contributed by atoms with Crippen LogP contribution in [-0.2, 0) is 33.3 Å². The zero-order chi connectivity index (χ0) is 18.3. The summed E-state index contributed by atoms with van der Waals surface area (Å²) in [5.74, 6) is -0.342. The van der Waals surface area contributed by atoms with Crippen molar-refractivity contribution in [2.75, 3.05) is 27.8 Å². The van der Waals surface area contributed by atoms with Crippen molar-refractivity contribution in [2.24, 2.45) is 0 Å². The third-order valence-electron chi connectivity index (χ3n) is 3.56. The Kier molecular flexibility index (Phi) is 11.8. The van der Waals surface area contributed by atoms with Gasteiger partial charge in [0, 0.05) is 27.1 Å². The van der Waals surface area contributed by atoms with Crippen LogP contribution in [0.3, 0.4) is 0 Å². The summed E-state index contributed by atoms with van der Waals surface area (Å²) in [5, 5.41) is 0. The van der Waals surface area contributed by atoms with E-state index in [1.165, 1.54) is 7.11 Å². The van der Waals surface area contributed by atoms with Crippen LogP contribution in [0.1, 0.15) is 32.1 Å². The third kappa shape index (κ3) is 9.50. The molecule has 3 atom stereocenters. The lowest BCUT2D eigenvalue weighted by atomic mass is 10.1. The predicted molar refractivity (Wildman–Crippen MR) is 90.8 cm³/mol. The van der Waals surface area contributed by atoms with Gasteiger partial charge in [0.2, 0.25) is 0 Å². The molecule has 0 aromatic carbocycles. The fraction of sp³-hybridized carbons (Fsp3) is 0.667. The highest BCUT2D eigenvalue weighted by atomic mass is 16.7. The van der Waals surface area contributed by atoms with Crippen LogP contribution in [0.4, 0.5) is 0 Å². The molecule has 0 aliphatic carbocycles. The fourth-order valence-electron chi connectivity index (χ4n) is 2.31. The maximum absolute atomic E-state index is 12.0. The van der Waals surface area contributed by atoms with Gasteiger partial charge in [0.1, 0.15) is 32.1 Å². The molecule has 0 N–H and O–H groups in total. The van der Waals surface area contributed by atoms with Crippen LogP contribution in [0.2, 0.25) is 0 Å². The summed E-state index contributed by atoms with van der Waals surface area (Å²) >= 11 is 0. The molecule has 7 nitrogen and oxygen atoms in total. The zero-order valence-electron chi connectivity index (χ0n) is 14.9. The molecule has 1 aliphatic rings. The Balaban J connectivity index is 2.94. The minimum Gasteiger partial charge on any atom is -0.459 e. The number of carbonyl (C=O) groups is 2. The smallest absolute Gasteiger partial charge is 0.306 e. The van der Waals surface area contributed by atoms with Crippen LogP contribution in [0.25, 0.3) is 0 Å². The van der Waals surface area contributed by atoms with E-state index < -0.39 is 12.2 Å². The van der Waals surface area contributed by atoms with Crippen LogP contribution in [0.15, 0.2) is 24.3 Å². The van der Waals surface area contributed by atoms with E-state index in [0.29, 0.717) is 25.5 Å². The molecule has 0 radical (unpaired) electrons. The van der Waals surface area contributed by atoms with Crippen molar-refractivity contribution in [2.45, 2.75) is 50.4 Å². The van der Waals surface area contributed by atoms with Gasteiger partial charge in [0.15, 0.2) is 0 Å². The minimum atomic E-state index is -0.701. The Labute approximate surface area is 148 Å². The van der Waals surface area contributed by atoms with Crippen LogP contribution < -0.4 is 0 Å². The number of esters is 1. The molecule has 1 rings (SSSR count). The van der Waals surface area contributed by atoms with Gasteiger partial charge in [-0.2, -0.15) is 0 Å². The van der Waals surface area contributed by atoms with Gasteiger partial charge in [0.25, 0.3) is 0 Å². The standard InChI is InChI=1S/C18H28O7/c1-21-13-23-15-7-5-3-4-6-8-18(20)25-17(11-12-19)16(10-9-15)24-14-22-2/h3,5,9-10,12,15-17H,4,6-8,11,13-14H2,1-2H3/b5-3-,10-9+/t15-,16+,17-/m1/s1. The summed E-state index contributed by atoms with van der Waals surface area (Å²) in [4.78, 5) is 23.0. The van der Waals surface area contributed by atoms with E-state index in [1.54, 1.807) is 13.2 Å². The van der Waals surface area contributed by atoms with Gasteiger partial charge in [0.05, 0.1) is 6.10 Å². The van der Waals surface area contributed by atoms with E-state index in [0.717, 1.165) is 6.42 Å². The molecule has 0 fully saturated rings. The molecule has 25 heavy (non-hydrogen) atoms. The number of cyclic esters (lactones) is 1. The first-order valence-corrected chi connectivity index (χ1v) is 8.38. The summed E-state index contributed by atoms with van der Waals surface area (Å²) in [5.41, 5.74) is 0. The molecule has 1 heterocycles. The predicted octanol–water partition coefficient (Wildman–Crippen LogP) is 2.15. The van der Waals surface area contributed by atoms with Crippen molar-refractivity contribution in [3.63, 3.8) is 0 Å². The summed E-state index contributed by atoms with van der Waals surface area (Å²) < 4.78 is 26.5. The topological polar surface area (TPSA) is 80.3 Å². The highest BCUT2D eigenvalue weighted by Crippen LogP contribution is 2.15. The van der Waals surface area contributed by atoms with Crippen LogP contribution >= 0.6 is 0 Å². The molecular weight excluding hydrogens is 328 g/mol. The average molecular weight is 356 g/mol. The first kappa shape index (κ1) is 21.5. The molecule has 0 amide bonds. The molecule has 142 valence electrons. The van der Waals surface area contributed by atoms with E-state index in [-0.39, 0.29) is 32.1 Å². The molecule has 0 saturated carbocycles. The molecule has 0 unspecified atom stereocenters. The van der Waals surface area contributed by atoms with Crippen LogP contribution in [0.5, 0.6) is 0 Å². The van der Waals surface area contributed by atoms with Gasteiger partial charge in [-0.3, -0.25) is 4.79 Å². The van der Waals surface area contributed by atoms with E-state index in [2.05, 4.69) is 0 Å². The summed E-state index contributed by atoms with van der Waals surface area (Å²) in [6, 6.07) is 0. The van der Waals surface area contributed by atoms with Gasteiger partial charge >= 0.3 is 5.97 Å². The monoisotopic (exact) mass is 356 g/mol. The number of carbonyl (C=O) groups excluding carboxylic acids is 2. The quantitative estimate of drug-likeness (QED) is 0.285. The molecule has 0 saturated heterocycles. The van der Waals surface area contributed by atoms with Crippen molar-refractivity contribution in [3.8, 4) is 0 Å². The number of aldehydes is 1. The highest BCUT2D eigenvalue weighted by Gasteiger charge is 2.24. The number of rotatable bonds is 8. The molecule has 0 aromatic rings. The average Bonchev–Trinajstić information content (AvgIpc) is 2.62. The Morgan fingerprint density at radius 3 is 2.64 bits per heavy atom. The molecule has 0 aromatic heterocycles. The second-order valence-electron chi connectivity index (χ2n) is 5.56. The molecule has 0 bridgehead atoms. The van der Waals surface area contributed by atoms with Crippen LogP contribution in [-0.4, -0.2) is 58.4 Å². The molecular formula is C18H28O7. The number of ether oxygens (including phenoxy) is 5. The number of methoxy groups -OCH3 is 2. The Hall–Kier alpha value is -1.54. The molecule has 1 aliphatic heterocycles. The van der Waals surface area contributed by atoms with Crippen molar-refractivity contribution < 1.29 is 33.3 Å². The SMILES string of the molecule is COCO[C@H]1/C=C/[C@H](OCOC)C/C=C\CCCC(=O)O[C@@H]1CC=O. The maximum atomic E-state index is 12.0. The lowest BCUT2D eigenvalue weighted by Crippen LogP contribution is -2.33. The van der Waals surface area contributed by atoms with E-state index in [9.17, 15) is 9.59 Å². The first-order valence-electron chi connectivity index (χ1n) is 8.38. The van der Waals surface area contributed by atoms with E-state index in [1.807, 2.05) is 18.2 Å². The maximum Gasteiger partial charge on any atom is 0.306 e. The van der Waals surface area contributed by atoms with E-state index in [4.69, 9.17) is 23.7 Å². The first-order chi connectivity index (χ1) is 12.2. The second kappa shape index (κ2) is 13.7. The molecule has 0 spiro atoms. The van der Waals surface area contributed by atoms with Gasteiger partial charge in [-0.25, -0.2) is 0 Å². The normalized spacial score (nSPS) is 28.1. The lowest BCUT2D eigenvalue weighted by Gasteiger charge is -2.24. The fourth-order valence-corrected chi connectivity index (χ4v) is 2.31. The summed E-state index contributed by atoms with van der Waals surface area (Å²) in [6.07, 6.45) is 9.28. The zero-order valence-corrected chi connectivity index (χ0v) is 14.9. The number of allylic oxidation sites excluding steroid dienone is 1. The van der Waals surface area contributed by atoms with Gasteiger partial charge < -0.3 is 28.5 Å². The van der Waals surface area contributed by atoms with Crippen LogP contribution in [0, 0.1) is 0 Å². The Bertz CT molecular complexity index is 433. The van der Waals surface area contributed by atoms with Crippen molar-refractivity contribution in [1.29, 1.82) is 0 Å². The third-order valence-corrected chi connectivity index (χ3v) is 3.56. The van der Waals surface area contributed by atoms with Gasteiger partial charge in [-0.15, -0.1) is 0 Å². The molecule has 7 heteroatoms. The van der Waals surface area contributed by atoms with E-state index >= 15 is 0 Å². The van der Waals surface area contributed by atoms with Gasteiger partial charge in [-0.05, 0) is 19.3 Å². The largest absolute Gasteiger partial charge is 0.459 e. The number of hydrogen-bond acceptors (Lipinski definition) is 7. The summed E-state index contributed by atoms with van der Waals surface area (Å²) in [6.45, 7) is 0.185. The Morgan fingerprint density at radius 1 is 1.16 bits per heavy atom. The van der Waals surface area contributed by atoms with Crippen molar-refractivity contribution in [3.05, 3.63) is 24.3 Å². The van der Waals surface area contributed by atoms with Crippen molar-refractivity contribution in [1.82, 2.24) is 0 Å². The number of hydrogen-bond donors (Lipinski definition) is 0. The lowest BCUT2D eigenvalue weighted by molar-refractivity contribution is -0.161. The second-order valence-corrected chi connectivity index (χ2v) is 5.56. The Morgan fingerprint density at radius 2 is 1.92 bits per heavy atom. The van der Waals surface area contributed by atoms with Crippen molar-refractivity contribution >= 4 is 12.3 Å².